The largest absolute Gasteiger partial charge is 0.393 e. The van der Waals surface area contributed by atoms with Gasteiger partial charge in [-0.3, -0.25) is 0 Å². The van der Waals surface area contributed by atoms with Gasteiger partial charge < -0.3 is 5.11 Å². The van der Waals surface area contributed by atoms with Gasteiger partial charge in [0.15, 0.2) is 0 Å². The SMILES string of the molecule is OC1CCC(CCCCC2CCCCC2)CC1. The molecule has 0 spiro atoms. The lowest BCUT2D eigenvalue weighted by Crippen LogP contribution is -2.18. The van der Waals surface area contributed by atoms with E-state index in [4.69, 9.17) is 0 Å². The molecule has 0 saturated heterocycles. The quantitative estimate of drug-likeness (QED) is 0.690. The van der Waals surface area contributed by atoms with Crippen molar-refractivity contribution in [1.82, 2.24) is 0 Å². The number of hydrogen-bond donors (Lipinski definition) is 1. The van der Waals surface area contributed by atoms with Crippen LogP contribution in [0, 0.1) is 11.8 Å². The van der Waals surface area contributed by atoms with E-state index in [0.717, 1.165) is 24.7 Å². The van der Waals surface area contributed by atoms with Crippen molar-refractivity contribution in [1.29, 1.82) is 0 Å². The van der Waals surface area contributed by atoms with Crippen LogP contribution in [0.3, 0.4) is 0 Å². The van der Waals surface area contributed by atoms with Crippen molar-refractivity contribution in [3.63, 3.8) is 0 Å². The summed E-state index contributed by atoms with van der Waals surface area (Å²) in [5.41, 5.74) is 0. The Hall–Kier alpha value is -0.0400. The van der Waals surface area contributed by atoms with E-state index in [1.165, 1.54) is 70.6 Å². The molecule has 0 bridgehead atoms. The molecule has 0 aromatic rings. The molecule has 2 aliphatic rings. The normalized spacial score (nSPS) is 31.6. The summed E-state index contributed by atoms with van der Waals surface area (Å²) in [5.74, 6) is 2.00. The Labute approximate surface area is 107 Å². The van der Waals surface area contributed by atoms with Crippen LogP contribution in [0.25, 0.3) is 0 Å². The van der Waals surface area contributed by atoms with Crippen LogP contribution in [-0.2, 0) is 0 Å². The van der Waals surface area contributed by atoms with Gasteiger partial charge in [0, 0.05) is 0 Å². The minimum atomic E-state index is 0.0217. The summed E-state index contributed by atoms with van der Waals surface area (Å²) >= 11 is 0. The predicted molar refractivity (Wildman–Crippen MR) is 73.0 cm³/mol. The van der Waals surface area contributed by atoms with E-state index in [-0.39, 0.29) is 6.10 Å². The molecular formula is C16H30O. The van der Waals surface area contributed by atoms with Crippen molar-refractivity contribution in [2.24, 2.45) is 11.8 Å². The fourth-order valence-corrected chi connectivity index (χ4v) is 3.78. The summed E-state index contributed by atoms with van der Waals surface area (Å²) in [5, 5.41) is 9.47. The lowest BCUT2D eigenvalue weighted by molar-refractivity contribution is 0.105. The van der Waals surface area contributed by atoms with Crippen molar-refractivity contribution in [2.75, 3.05) is 0 Å². The van der Waals surface area contributed by atoms with E-state index in [0.29, 0.717) is 0 Å². The lowest BCUT2D eigenvalue weighted by Gasteiger charge is -2.26. The molecule has 0 unspecified atom stereocenters. The third-order valence-electron chi connectivity index (χ3n) is 5.02. The smallest absolute Gasteiger partial charge is 0.0540 e. The van der Waals surface area contributed by atoms with Crippen LogP contribution in [0.4, 0.5) is 0 Å². The van der Waals surface area contributed by atoms with Crippen LogP contribution in [0.15, 0.2) is 0 Å². The molecule has 2 saturated carbocycles. The van der Waals surface area contributed by atoms with Gasteiger partial charge in [-0.15, -0.1) is 0 Å². The van der Waals surface area contributed by atoms with E-state index in [1.807, 2.05) is 0 Å². The average molecular weight is 238 g/mol. The minimum absolute atomic E-state index is 0.0217. The maximum absolute atomic E-state index is 9.47. The van der Waals surface area contributed by atoms with Crippen molar-refractivity contribution >= 4 is 0 Å². The van der Waals surface area contributed by atoms with Gasteiger partial charge in [0.2, 0.25) is 0 Å². The van der Waals surface area contributed by atoms with Crippen LogP contribution in [0.1, 0.15) is 83.5 Å². The highest BCUT2D eigenvalue weighted by Gasteiger charge is 2.19. The van der Waals surface area contributed by atoms with Gasteiger partial charge in [0.1, 0.15) is 0 Å². The van der Waals surface area contributed by atoms with Crippen LogP contribution in [0.5, 0.6) is 0 Å². The summed E-state index contributed by atoms with van der Waals surface area (Å²) in [4.78, 5) is 0. The molecule has 17 heavy (non-hydrogen) atoms. The van der Waals surface area contributed by atoms with Gasteiger partial charge >= 0.3 is 0 Å². The molecule has 0 radical (unpaired) electrons. The summed E-state index contributed by atoms with van der Waals surface area (Å²) in [7, 11) is 0. The molecule has 1 nitrogen and oxygen atoms in total. The average Bonchev–Trinajstić information content (AvgIpc) is 2.38. The van der Waals surface area contributed by atoms with E-state index in [2.05, 4.69) is 0 Å². The van der Waals surface area contributed by atoms with E-state index in [1.54, 1.807) is 0 Å². The van der Waals surface area contributed by atoms with E-state index < -0.39 is 0 Å². The topological polar surface area (TPSA) is 20.2 Å². The third-order valence-corrected chi connectivity index (χ3v) is 5.02. The van der Waals surface area contributed by atoms with Gasteiger partial charge in [0.25, 0.3) is 0 Å². The number of unbranched alkanes of at least 4 members (excludes halogenated alkanes) is 1. The van der Waals surface area contributed by atoms with Gasteiger partial charge in [-0.05, 0) is 37.5 Å². The Morgan fingerprint density at radius 1 is 0.647 bits per heavy atom. The van der Waals surface area contributed by atoms with E-state index >= 15 is 0 Å². The Morgan fingerprint density at radius 2 is 1.18 bits per heavy atom. The number of rotatable bonds is 5. The van der Waals surface area contributed by atoms with E-state index in [9.17, 15) is 5.11 Å². The first kappa shape index (κ1) is 13.4. The van der Waals surface area contributed by atoms with Gasteiger partial charge in [-0.25, -0.2) is 0 Å². The Morgan fingerprint density at radius 3 is 1.76 bits per heavy atom. The van der Waals surface area contributed by atoms with Crippen LogP contribution >= 0.6 is 0 Å². The van der Waals surface area contributed by atoms with Crippen LogP contribution in [0.2, 0.25) is 0 Å². The van der Waals surface area contributed by atoms with Crippen molar-refractivity contribution in [3.05, 3.63) is 0 Å². The number of hydrogen-bond acceptors (Lipinski definition) is 1. The van der Waals surface area contributed by atoms with Crippen molar-refractivity contribution < 1.29 is 5.11 Å². The predicted octanol–water partition coefficient (Wildman–Crippen LogP) is 4.68. The van der Waals surface area contributed by atoms with Gasteiger partial charge in [-0.2, -0.15) is 0 Å². The van der Waals surface area contributed by atoms with Gasteiger partial charge in [0.05, 0.1) is 6.10 Å². The molecule has 0 amide bonds. The van der Waals surface area contributed by atoms with Crippen LogP contribution < -0.4 is 0 Å². The fourth-order valence-electron chi connectivity index (χ4n) is 3.78. The summed E-state index contributed by atoms with van der Waals surface area (Å²) in [6.45, 7) is 0. The standard InChI is InChI=1S/C16H30O/c17-16-12-10-15(11-13-16)9-5-4-8-14-6-2-1-3-7-14/h14-17H,1-13H2. The highest BCUT2D eigenvalue weighted by Crippen LogP contribution is 2.31. The minimum Gasteiger partial charge on any atom is -0.393 e. The molecule has 1 heteroatoms. The Balaban J connectivity index is 1.48. The second-order valence-electron chi connectivity index (χ2n) is 6.46. The molecular weight excluding hydrogens is 208 g/mol. The summed E-state index contributed by atoms with van der Waals surface area (Å²) in [6.07, 6.45) is 18.0. The highest BCUT2D eigenvalue weighted by molar-refractivity contribution is 4.72. The van der Waals surface area contributed by atoms with Crippen LogP contribution in [-0.4, -0.2) is 11.2 Å². The van der Waals surface area contributed by atoms with Crippen molar-refractivity contribution in [3.8, 4) is 0 Å². The second kappa shape index (κ2) is 7.41. The maximum Gasteiger partial charge on any atom is 0.0540 e. The zero-order valence-corrected chi connectivity index (χ0v) is 11.4. The molecule has 100 valence electrons. The number of aliphatic hydroxyl groups excluding tert-OH is 1. The first-order valence-electron chi connectivity index (χ1n) is 8.02. The molecule has 0 aliphatic heterocycles. The first-order chi connectivity index (χ1) is 8.34. The number of aliphatic hydroxyl groups is 1. The molecule has 2 rings (SSSR count). The molecule has 2 aliphatic carbocycles. The maximum atomic E-state index is 9.47. The Bertz CT molecular complexity index is 188. The molecule has 2 fully saturated rings. The molecule has 0 heterocycles. The fraction of sp³-hybridized carbons (Fsp3) is 1.00. The zero-order valence-electron chi connectivity index (χ0n) is 11.4. The lowest BCUT2D eigenvalue weighted by atomic mass is 9.82. The highest BCUT2D eigenvalue weighted by atomic mass is 16.3. The van der Waals surface area contributed by atoms with Crippen molar-refractivity contribution in [2.45, 2.75) is 89.6 Å². The second-order valence-corrected chi connectivity index (χ2v) is 6.46. The molecule has 0 atom stereocenters. The molecule has 0 aromatic carbocycles. The summed E-state index contributed by atoms with van der Waals surface area (Å²) < 4.78 is 0. The first-order valence-corrected chi connectivity index (χ1v) is 8.02. The zero-order chi connectivity index (χ0) is 11.9. The third kappa shape index (κ3) is 4.99. The summed E-state index contributed by atoms with van der Waals surface area (Å²) in [6, 6.07) is 0. The molecule has 1 N–H and O–H groups in total. The monoisotopic (exact) mass is 238 g/mol. The molecule has 0 aromatic heterocycles. The Kier molecular flexibility index (Phi) is 5.84. The van der Waals surface area contributed by atoms with Gasteiger partial charge in [-0.1, -0.05) is 57.8 Å².